The summed E-state index contributed by atoms with van der Waals surface area (Å²) in [6, 6.07) is 9.57. The highest BCUT2D eigenvalue weighted by molar-refractivity contribution is 7.17. The van der Waals surface area contributed by atoms with E-state index in [0.29, 0.717) is 0 Å². The molecule has 1 N–H and O–H groups in total. The molecule has 0 aliphatic heterocycles. The number of hydrogen-bond donors (Lipinski definition) is 1. The fraction of sp³-hybridized carbons (Fsp3) is 0.467. The van der Waals surface area contributed by atoms with Gasteiger partial charge in [0, 0.05) is 10.7 Å². The van der Waals surface area contributed by atoms with Gasteiger partial charge in [-0.25, -0.2) is 0 Å². The molecule has 1 nitrogen and oxygen atoms in total. The van der Waals surface area contributed by atoms with Crippen LogP contribution in [0.5, 0.6) is 0 Å². The molecule has 1 unspecified atom stereocenters. The molecular weight excluding hydrogens is 226 g/mol. The zero-order valence-corrected chi connectivity index (χ0v) is 11.1. The van der Waals surface area contributed by atoms with Gasteiger partial charge in [0.05, 0.1) is 0 Å². The summed E-state index contributed by atoms with van der Waals surface area (Å²) in [6.45, 7) is 3.51. The summed E-state index contributed by atoms with van der Waals surface area (Å²) in [4.78, 5) is 0. The van der Waals surface area contributed by atoms with E-state index in [0.717, 1.165) is 18.5 Å². The molecule has 1 aliphatic carbocycles. The van der Waals surface area contributed by atoms with Crippen LogP contribution in [-0.4, -0.2) is 12.6 Å². The lowest BCUT2D eigenvalue weighted by Gasteiger charge is -2.11. The molecule has 0 amide bonds. The van der Waals surface area contributed by atoms with Crippen LogP contribution in [0.1, 0.15) is 25.3 Å². The molecule has 0 radical (unpaired) electrons. The third kappa shape index (κ3) is 2.70. The van der Waals surface area contributed by atoms with Gasteiger partial charge >= 0.3 is 0 Å². The maximum Gasteiger partial charge on any atom is 0.0345 e. The third-order valence-corrected chi connectivity index (χ3v) is 4.47. The van der Waals surface area contributed by atoms with E-state index >= 15 is 0 Å². The molecule has 2 heteroatoms. The maximum absolute atomic E-state index is 3.62. The number of rotatable bonds is 5. The van der Waals surface area contributed by atoms with E-state index in [-0.39, 0.29) is 0 Å². The molecule has 2 aromatic rings. The number of benzene rings is 1. The predicted molar refractivity (Wildman–Crippen MR) is 75.7 cm³/mol. The number of hydrogen-bond acceptors (Lipinski definition) is 2. The standard InChI is InChI=1S/C15H19NS/c1-11(9-16-13-6-7-13)8-12-10-17-15-5-3-2-4-14(12)15/h2-5,10-11,13,16H,6-9H2,1H3. The summed E-state index contributed by atoms with van der Waals surface area (Å²) < 4.78 is 1.42. The second-order valence-corrected chi connectivity index (χ2v) is 6.16. The molecule has 1 aromatic heterocycles. The SMILES string of the molecule is CC(CNC1CC1)Cc1csc2ccccc12. The average Bonchev–Trinajstić information content (AvgIpc) is 3.10. The normalized spacial score (nSPS) is 17.5. The van der Waals surface area contributed by atoms with Crippen molar-refractivity contribution >= 4 is 21.4 Å². The first-order valence-electron chi connectivity index (χ1n) is 6.51. The summed E-state index contributed by atoms with van der Waals surface area (Å²) in [6.07, 6.45) is 3.96. The van der Waals surface area contributed by atoms with E-state index in [1.54, 1.807) is 0 Å². The minimum Gasteiger partial charge on any atom is -0.314 e. The van der Waals surface area contributed by atoms with Gasteiger partial charge in [-0.3, -0.25) is 0 Å². The molecule has 1 aliphatic rings. The van der Waals surface area contributed by atoms with Crippen molar-refractivity contribution < 1.29 is 0 Å². The smallest absolute Gasteiger partial charge is 0.0345 e. The van der Waals surface area contributed by atoms with Crippen LogP contribution in [0.4, 0.5) is 0 Å². The third-order valence-electron chi connectivity index (χ3n) is 3.46. The Kier molecular flexibility index (Phi) is 3.17. The van der Waals surface area contributed by atoms with E-state index in [1.807, 2.05) is 11.3 Å². The minimum atomic E-state index is 0.730. The Labute approximate surface area is 107 Å². The lowest BCUT2D eigenvalue weighted by atomic mass is 10.0. The van der Waals surface area contributed by atoms with Gasteiger partial charge in [-0.15, -0.1) is 11.3 Å². The fourth-order valence-electron chi connectivity index (χ4n) is 2.29. The predicted octanol–water partition coefficient (Wildman–Crippen LogP) is 3.83. The first-order valence-corrected chi connectivity index (χ1v) is 7.39. The zero-order chi connectivity index (χ0) is 11.7. The highest BCUT2D eigenvalue weighted by atomic mass is 32.1. The Hall–Kier alpha value is -0.860. The molecule has 3 rings (SSSR count). The summed E-state index contributed by atoms with van der Waals surface area (Å²) in [7, 11) is 0. The summed E-state index contributed by atoms with van der Waals surface area (Å²) in [5, 5.41) is 7.41. The van der Waals surface area contributed by atoms with Gasteiger partial charge in [-0.2, -0.15) is 0 Å². The largest absolute Gasteiger partial charge is 0.314 e. The van der Waals surface area contributed by atoms with Crippen LogP contribution >= 0.6 is 11.3 Å². The first-order chi connectivity index (χ1) is 8.33. The molecule has 1 atom stereocenters. The lowest BCUT2D eigenvalue weighted by molar-refractivity contribution is 0.511. The molecule has 0 spiro atoms. The van der Waals surface area contributed by atoms with E-state index in [1.165, 1.54) is 34.9 Å². The molecule has 1 fully saturated rings. The maximum atomic E-state index is 3.62. The molecule has 17 heavy (non-hydrogen) atoms. The zero-order valence-electron chi connectivity index (χ0n) is 10.3. The monoisotopic (exact) mass is 245 g/mol. The Bertz CT molecular complexity index is 498. The van der Waals surface area contributed by atoms with Crippen LogP contribution in [0.3, 0.4) is 0 Å². The number of nitrogens with one attached hydrogen (secondary N) is 1. The minimum absolute atomic E-state index is 0.730. The van der Waals surface area contributed by atoms with E-state index in [4.69, 9.17) is 0 Å². The fourth-order valence-corrected chi connectivity index (χ4v) is 3.27. The average molecular weight is 245 g/mol. The van der Waals surface area contributed by atoms with Gasteiger partial charge in [0.25, 0.3) is 0 Å². The van der Waals surface area contributed by atoms with Crippen molar-refractivity contribution in [1.82, 2.24) is 5.32 Å². The summed E-state index contributed by atoms with van der Waals surface area (Å²) in [5.74, 6) is 0.730. The second kappa shape index (κ2) is 4.79. The van der Waals surface area contributed by atoms with Crippen LogP contribution < -0.4 is 5.32 Å². The molecule has 1 aromatic carbocycles. The van der Waals surface area contributed by atoms with Crippen molar-refractivity contribution in [3.63, 3.8) is 0 Å². The van der Waals surface area contributed by atoms with Crippen molar-refractivity contribution in [2.24, 2.45) is 5.92 Å². The van der Waals surface area contributed by atoms with Gasteiger partial charge < -0.3 is 5.32 Å². The molecular formula is C15H19NS. The van der Waals surface area contributed by atoms with Crippen LogP contribution in [0.25, 0.3) is 10.1 Å². The highest BCUT2D eigenvalue weighted by Gasteiger charge is 2.21. The lowest BCUT2D eigenvalue weighted by Crippen LogP contribution is -2.24. The van der Waals surface area contributed by atoms with Crippen LogP contribution in [0.2, 0.25) is 0 Å². The van der Waals surface area contributed by atoms with Crippen molar-refractivity contribution in [3.05, 3.63) is 35.2 Å². The Morgan fingerprint density at radius 3 is 3.00 bits per heavy atom. The number of fused-ring (bicyclic) bond motifs is 1. The first kappa shape index (κ1) is 11.2. The second-order valence-electron chi connectivity index (χ2n) is 5.25. The summed E-state index contributed by atoms with van der Waals surface area (Å²) >= 11 is 1.87. The van der Waals surface area contributed by atoms with Gasteiger partial charge in [0.15, 0.2) is 0 Å². The molecule has 90 valence electrons. The Morgan fingerprint density at radius 2 is 2.18 bits per heavy atom. The molecule has 0 bridgehead atoms. The van der Waals surface area contributed by atoms with Crippen molar-refractivity contribution in [1.29, 1.82) is 0 Å². The molecule has 0 saturated heterocycles. The van der Waals surface area contributed by atoms with Crippen molar-refractivity contribution in [2.75, 3.05) is 6.54 Å². The van der Waals surface area contributed by atoms with E-state index in [2.05, 4.69) is 41.9 Å². The van der Waals surface area contributed by atoms with Gasteiger partial charge in [0.1, 0.15) is 0 Å². The van der Waals surface area contributed by atoms with Crippen molar-refractivity contribution in [2.45, 2.75) is 32.2 Å². The van der Waals surface area contributed by atoms with E-state index in [9.17, 15) is 0 Å². The van der Waals surface area contributed by atoms with Crippen LogP contribution in [0.15, 0.2) is 29.6 Å². The quantitative estimate of drug-likeness (QED) is 0.844. The van der Waals surface area contributed by atoms with Crippen LogP contribution in [0, 0.1) is 5.92 Å². The summed E-state index contributed by atoms with van der Waals surface area (Å²) in [5.41, 5.74) is 1.52. The van der Waals surface area contributed by atoms with Gasteiger partial charge in [0.2, 0.25) is 0 Å². The highest BCUT2D eigenvalue weighted by Crippen LogP contribution is 2.27. The van der Waals surface area contributed by atoms with Gasteiger partial charge in [-0.05, 0) is 54.1 Å². The Balaban J connectivity index is 1.66. The molecule has 1 saturated carbocycles. The molecule has 1 heterocycles. The van der Waals surface area contributed by atoms with Gasteiger partial charge in [-0.1, -0.05) is 25.1 Å². The van der Waals surface area contributed by atoms with E-state index < -0.39 is 0 Å². The topological polar surface area (TPSA) is 12.0 Å². The van der Waals surface area contributed by atoms with Crippen molar-refractivity contribution in [3.8, 4) is 0 Å². The van der Waals surface area contributed by atoms with Crippen LogP contribution in [-0.2, 0) is 6.42 Å². The Morgan fingerprint density at radius 1 is 1.35 bits per heavy atom. The number of thiophene rings is 1.